The second-order valence-corrected chi connectivity index (χ2v) is 12.1. The van der Waals surface area contributed by atoms with Crippen LogP contribution in [0.1, 0.15) is 61.8 Å². The van der Waals surface area contributed by atoms with Gasteiger partial charge in [-0.3, -0.25) is 4.31 Å². The Balaban J connectivity index is 2.03. The highest BCUT2D eigenvalue weighted by atomic mass is 35.5. The third kappa shape index (κ3) is 4.26. The van der Waals surface area contributed by atoms with Gasteiger partial charge in [0.2, 0.25) is 0 Å². The molecule has 0 aromatic heterocycles. The summed E-state index contributed by atoms with van der Waals surface area (Å²) in [7, 11) is -2.10. The van der Waals surface area contributed by atoms with Crippen LogP contribution in [-0.2, 0) is 10.0 Å². The van der Waals surface area contributed by atoms with Gasteiger partial charge in [-0.25, -0.2) is 8.42 Å². The molecule has 0 bridgehead atoms. The zero-order valence-corrected chi connectivity index (χ0v) is 23.4. The van der Waals surface area contributed by atoms with Crippen molar-refractivity contribution in [3.05, 3.63) is 117 Å². The first-order valence-electron chi connectivity index (χ1n) is 12.9. The normalized spacial score (nSPS) is 16.7. The van der Waals surface area contributed by atoms with Crippen LogP contribution in [0.3, 0.4) is 0 Å². The van der Waals surface area contributed by atoms with Gasteiger partial charge in [-0.2, -0.15) is 0 Å². The van der Waals surface area contributed by atoms with Gasteiger partial charge in [0.25, 0.3) is 10.0 Å². The van der Waals surface area contributed by atoms with E-state index in [1.807, 2.05) is 61.5 Å². The van der Waals surface area contributed by atoms with Crippen LogP contribution in [0.5, 0.6) is 0 Å². The molecule has 1 heterocycles. The lowest BCUT2D eigenvalue weighted by molar-refractivity contribution is 0.546. The Morgan fingerprint density at radius 2 is 1.38 bits per heavy atom. The maximum Gasteiger partial charge on any atom is 0.264 e. The van der Waals surface area contributed by atoms with E-state index >= 15 is 0 Å². The Hall–Kier alpha value is -3.08. The number of sulfonamides is 1. The van der Waals surface area contributed by atoms with Crippen molar-refractivity contribution < 1.29 is 8.42 Å². The molecule has 3 aromatic carbocycles. The van der Waals surface area contributed by atoms with Gasteiger partial charge in [0, 0.05) is 28.8 Å². The first kappa shape index (κ1) is 25.6. The van der Waals surface area contributed by atoms with Crippen molar-refractivity contribution in [2.45, 2.75) is 51.3 Å². The van der Waals surface area contributed by atoms with E-state index in [-0.39, 0.29) is 0 Å². The number of allylic oxidation sites excluding steroid dienone is 5. The number of benzene rings is 3. The van der Waals surface area contributed by atoms with Crippen molar-refractivity contribution in [1.29, 1.82) is 0 Å². The third-order valence-electron chi connectivity index (χ3n) is 7.24. The van der Waals surface area contributed by atoms with Gasteiger partial charge in [0.05, 0.1) is 10.6 Å². The molecule has 0 unspecified atom stereocenters. The predicted octanol–water partition coefficient (Wildman–Crippen LogP) is 8.52. The zero-order chi connectivity index (χ0) is 26.3. The van der Waals surface area contributed by atoms with Crippen LogP contribution in [0, 0.1) is 6.92 Å². The summed E-state index contributed by atoms with van der Waals surface area (Å²) in [5, 5.41) is 0.683. The highest BCUT2D eigenvalue weighted by molar-refractivity contribution is 7.89. The standard InChI is InChI=1S/C32H32ClNO2S/c1-5-10-25-26(11-6-2)31-30(29(25)22-15-17-24(33)18-16-22)27-20-21(3)14-19-28(27)37(35,36)34(4)32(31)23-12-8-7-9-13-23/h7-9,12-20H,5-6,10-11H2,1-4H3. The maximum absolute atomic E-state index is 14.1. The van der Waals surface area contributed by atoms with Crippen LogP contribution < -0.4 is 0 Å². The van der Waals surface area contributed by atoms with E-state index in [0.29, 0.717) is 9.92 Å². The summed E-state index contributed by atoms with van der Waals surface area (Å²) in [6, 6.07) is 23.6. The second kappa shape index (κ2) is 10.00. The van der Waals surface area contributed by atoms with E-state index in [1.54, 1.807) is 13.1 Å². The topological polar surface area (TPSA) is 37.4 Å². The number of halogens is 1. The number of aryl methyl sites for hydroxylation is 1. The van der Waals surface area contributed by atoms with Crippen molar-refractivity contribution in [3.63, 3.8) is 0 Å². The van der Waals surface area contributed by atoms with Crippen molar-refractivity contribution >= 4 is 38.5 Å². The summed E-state index contributed by atoms with van der Waals surface area (Å²) in [5.74, 6) is 0. The minimum atomic E-state index is -3.80. The monoisotopic (exact) mass is 529 g/mol. The molecule has 0 N–H and O–H groups in total. The highest BCUT2D eigenvalue weighted by Crippen LogP contribution is 2.55. The molecule has 190 valence electrons. The molecule has 0 atom stereocenters. The largest absolute Gasteiger partial charge is 0.268 e. The molecule has 1 aliphatic heterocycles. The molecule has 0 saturated heterocycles. The van der Waals surface area contributed by atoms with Crippen LogP contribution in [0.2, 0.25) is 5.02 Å². The van der Waals surface area contributed by atoms with Gasteiger partial charge >= 0.3 is 0 Å². The second-order valence-electron chi connectivity index (χ2n) is 9.78. The zero-order valence-electron chi connectivity index (χ0n) is 21.8. The number of rotatable bonds is 6. The lowest BCUT2D eigenvalue weighted by Crippen LogP contribution is -2.26. The highest BCUT2D eigenvalue weighted by Gasteiger charge is 2.41. The van der Waals surface area contributed by atoms with Crippen molar-refractivity contribution in [1.82, 2.24) is 4.31 Å². The molecule has 0 spiro atoms. The molecule has 5 rings (SSSR count). The summed E-state index contributed by atoms with van der Waals surface area (Å²) in [6.07, 6.45) is 3.75. The van der Waals surface area contributed by atoms with E-state index in [2.05, 4.69) is 26.0 Å². The van der Waals surface area contributed by atoms with E-state index in [0.717, 1.165) is 70.4 Å². The first-order valence-corrected chi connectivity index (χ1v) is 14.7. The Bertz CT molecular complexity index is 1560. The molecule has 1 aliphatic carbocycles. The van der Waals surface area contributed by atoms with Gasteiger partial charge in [0.15, 0.2) is 0 Å². The van der Waals surface area contributed by atoms with Crippen molar-refractivity contribution in [2.75, 3.05) is 7.05 Å². The van der Waals surface area contributed by atoms with Gasteiger partial charge < -0.3 is 0 Å². The molecule has 3 nitrogen and oxygen atoms in total. The van der Waals surface area contributed by atoms with Gasteiger partial charge in [0.1, 0.15) is 0 Å². The Labute approximate surface area is 225 Å². The Kier molecular flexibility index (Phi) is 6.91. The van der Waals surface area contributed by atoms with E-state index < -0.39 is 10.0 Å². The lowest BCUT2D eigenvalue weighted by atomic mass is 9.88. The van der Waals surface area contributed by atoms with E-state index in [4.69, 9.17) is 11.6 Å². The van der Waals surface area contributed by atoms with Gasteiger partial charge in [-0.1, -0.05) is 98.5 Å². The molecule has 37 heavy (non-hydrogen) atoms. The molecule has 3 aromatic rings. The molecule has 2 aliphatic rings. The number of fused-ring (bicyclic) bond motifs is 3. The quantitative estimate of drug-likeness (QED) is 0.321. The minimum absolute atomic E-state index is 0.346. The van der Waals surface area contributed by atoms with Crippen LogP contribution in [0.25, 0.3) is 16.8 Å². The molecule has 0 fully saturated rings. The van der Waals surface area contributed by atoms with Crippen LogP contribution in [0.4, 0.5) is 0 Å². The molecule has 0 saturated carbocycles. The minimum Gasteiger partial charge on any atom is -0.268 e. The fourth-order valence-electron chi connectivity index (χ4n) is 5.66. The van der Waals surface area contributed by atoms with E-state index in [9.17, 15) is 8.42 Å². The summed E-state index contributed by atoms with van der Waals surface area (Å²) >= 11 is 6.30. The number of hydrogen-bond donors (Lipinski definition) is 0. The molecule has 0 radical (unpaired) electrons. The Morgan fingerprint density at radius 1 is 0.757 bits per heavy atom. The van der Waals surface area contributed by atoms with Gasteiger partial charge in [-0.15, -0.1) is 0 Å². The summed E-state index contributed by atoms with van der Waals surface area (Å²) in [5.41, 5.74) is 10.2. The first-order chi connectivity index (χ1) is 17.8. The molecular formula is C32H32ClNO2S. The van der Waals surface area contributed by atoms with E-state index in [1.165, 1.54) is 15.5 Å². The predicted molar refractivity (Wildman–Crippen MR) is 155 cm³/mol. The number of nitrogens with zero attached hydrogens (tertiary/aromatic N) is 1. The van der Waals surface area contributed by atoms with Gasteiger partial charge in [-0.05, 0) is 65.8 Å². The van der Waals surface area contributed by atoms with Crippen LogP contribution in [0.15, 0.2) is 94.4 Å². The maximum atomic E-state index is 14.1. The molecular weight excluding hydrogens is 498 g/mol. The third-order valence-corrected chi connectivity index (χ3v) is 9.31. The summed E-state index contributed by atoms with van der Waals surface area (Å²) in [4.78, 5) is 0.346. The van der Waals surface area contributed by atoms with Crippen molar-refractivity contribution in [3.8, 4) is 0 Å². The smallest absolute Gasteiger partial charge is 0.264 e. The average molecular weight is 530 g/mol. The summed E-state index contributed by atoms with van der Waals surface area (Å²) in [6.45, 7) is 6.42. The SMILES string of the molecule is CCCC1=C(CCC)C(c2ccc(Cl)cc2)=C2C1=C(c1ccccc1)N(C)S(=O)(=O)c1ccc(C)cc12. The number of hydrogen-bond acceptors (Lipinski definition) is 2. The molecule has 0 amide bonds. The van der Waals surface area contributed by atoms with Crippen molar-refractivity contribution in [2.24, 2.45) is 0 Å². The fraction of sp³-hybridized carbons (Fsp3) is 0.250. The fourth-order valence-corrected chi connectivity index (χ4v) is 7.19. The Morgan fingerprint density at radius 3 is 2.00 bits per heavy atom. The summed E-state index contributed by atoms with van der Waals surface area (Å²) < 4.78 is 29.8. The average Bonchev–Trinajstić information content (AvgIpc) is 3.15. The molecule has 5 heteroatoms. The van der Waals surface area contributed by atoms with Crippen LogP contribution >= 0.6 is 11.6 Å². The van der Waals surface area contributed by atoms with Crippen LogP contribution in [-0.4, -0.2) is 19.8 Å². The lowest BCUT2D eigenvalue weighted by Gasteiger charge is -2.24.